The molecule has 1 fully saturated rings. The number of anilines is 2. The normalized spacial score (nSPS) is 14.5. The number of nitrogens with one attached hydrogen (secondary N) is 1. The van der Waals surface area contributed by atoms with Gasteiger partial charge in [-0.15, -0.1) is 0 Å². The van der Waals surface area contributed by atoms with Crippen LogP contribution in [-0.4, -0.2) is 33.8 Å². The standard InChI is InChI=1S/C21H19Cl2N5O2/c22-15-6-7-18(24-12-15)26-20(29)14-8-10-27(11-9-14)17-13-25-28(21(30)19(17)23)16-4-2-1-3-5-16/h1-7,12-14H,8-11H2,(H,24,26,29). The number of rotatable bonds is 4. The number of nitrogens with zero attached hydrogens (tertiary/aromatic N) is 4. The lowest BCUT2D eigenvalue weighted by Gasteiger charge is -2.33. The minimum atomic E-state index is -0.367. The van der Waals surface area contributed by atoms with Gasteiger partial charge in [-0.25, -0.2) is 4.98 Å². The summed E-state index contributed by atoms with van der Waals surface area (Å²) in [4.78, 5) is 31.3. The SMILES string of the molecule is O=C(Nc1ccc(Cl)cn1)C1CCN(c2cnn(-c3ccccc3)c(=O)c2Cl)CC1. The van der Waals surface area contributed by atoms with Gasteiger partial charge < -0.3 is 10.2 Å². The number of hydrogen-bond donors (Lipinski definition) is 1. The molecule has 1 aliphatic rings. The maximum absolute atomic E-state index is 12.7. The Morgan fingerprint density at radius 1 is 1.03 bits per heavy atom. The van der Waals surface area contributed by atoms with Crippen molar-refractivity contribution in [3.63, 3.8) is 0 Å². The van der Waals surface area contributed by atoms with Crippen LogP contribution in [0.2, 0.25) is 10.0 Å². The monoisotopic (exact) mass is 443 g/mol. The Bertz CT molecular complexity index is 1090. The van der Waals surface area contributed by atoms with Gasteiger partial charge >= 0.3 is 0 Å². The quantitative estimate of drug-likeness (QED) is 0.663. The molecule has 7 nitrogen and oxygen atoms in total. The van der Waals surface area contributed by atoms with E-state index >= 15 is 0 Å². The Balaban J connectivity index is 1.43. The van der Waals surface area contributed by atoms with Crippen LogP contribution in [0.5, 0.6) is 0 Å². The molecule has 0 saturated carbocycles. The number of amides is 1. The zero-order valence-corrected chi connectivity index (χ0v) is 17.5. The van der Waals surface area contributed by atoms with Crippen molar-refractivity contribution >= 4 is 40.6 Å². The number of halogens is 2. The van der Waals surface area contributed by atoms with E-state index in [-0.39, 0.29) is 22.4 Å². The van der Waals surface area contributed by atoms with Crippen molar-refractivity contribution in [3.05, 3.63) is 75.3 Å². The van der Waals surface area contributed by atoms with Crippen molar-refractivity contribution in [3.8, 4) is 5.69 Å². The second kappa shape index (κ2) is 8.85. The molecule has 4 rings (SSSR count). The number of piperidine rings is 1. The first kappa shape index (κ1) is 20.4. The highest BCUT2D eigenvalue weighted by Gasteiger charge is 2.27. The van der Waals surface area contributed by atoms with Gasteiger partial charge in [-0.3, -0.25) is 9.59 Å². The number of benzene rings is 1. The molecular weight excluding hydrogens is 425 g/mol. The van der Waals surface area contributed by atoms with Crippen LogP contribution in [-0.2, 0) is 4.79 Å². The molecule has 1 saturated heterocycles. The highest BCUT2D eigenvalue weighted by Crippen LogP contribution is 2.27. The van der Waals surface area contributed by atoms with Crippen molar-refractivity contribution < 1.29 is 4.79 Å². The molecule has 1 aliphatic heterocycles. The van der Waals surface area contributed by atoms with Gasteiger partial charge in [0.15, 0.2) is 0 Å². The molecule has 0 atom stereocenters. The molecule has 0 aliphatic carbocycles. The third-order valence-corrected chi connectivity index (χ3v) is 5.67. The lowest BCUT2D eigenvalue weighted by molar-refractivity contribution is -0.120. The summed E-state index contributed by atoms with van der Waals surface area (Å²) in [5, 5.41) is 7.74. The van der Waals surface area contributed by atoms with Crippen LogP contribution in [0.3, 0.4) is 0 Å². The van der Waals surface area contributed by atoms with Crippen molar-refractivity contribution in [2.45, 2.75) is 12.8 Å². The van der Waals surface area contributed by atoms with Gasteiger partial charge in [0.1, 0.15) is 10.8 Å². The molecule has 0 bridgehead atoms. The van der Waals surface area contributed by atoms with Gasteiger partial charge in [-0.1, -0.05) is 41.4 Å². The number of aromatic nitrogens is 3. The first-order chi connectivity index (χ1) is 14.5. The predicted octanol–water partition coefficient (Wildman–Crippen LogP) is 3.79. The summed E-state index contributed by atoms with van der Waals surface area (Å²) in [6.07, 6.45) is 4.37. The van der Waals surface area contributed by atoms with Crippen LogP contribution in [0.15, 0.2) is 59.7 Å². The highest BCUT2D eigenvalue weighted by atomic mass is 35.5. The van der Waals surface area contributed by atoms with Crippen LogP contribution < -0.4 is 15.8 Å². The molecule has 1 amide bonds. The number of carbonyl (C=O) groups is 1. The smallest absolute Gasteiger partial charge is 0.292 e. The van der Waals surface area contributed by atoms with Crippen LogP contribution in [0.4, 0.5) is 11.5 Å². The van der Waals surface area contributed by atoms with E-state index in [4.69, 9.17) is 23.2 Å². The summed E-state index contributed by atoms with van der Waals surface area (Å²) < 4.78 is 1.28. The van der Waals surface area contributed by atoms with Gasteiger partial charge in [0, 0.05) is 25.2 Å². The van der Waals surface area contributed by atoms with E-state index in [9.17, 15) is 9.59 Å². The van der Waals surface area contributed by atoms with E-state index in [2.05, 4.69) is 15.4 Å². The Hall–Kier alpha value is -2.90. The molecule has 3 aromatic rings. The Morgan fingerprint density at radius 2 is 1.77 bits per heavy atom. The third kappa shape index (κ3) is 4.32. The van der Waals surface area contributed by atoms with Gasteiger partial charge in [-0.05, 0) is 37.1 Å². The van der Waals surface area contributed by atoms with E-state index in [0.717, 1.165) is 0 Å². The van der Waals surface area contributed by atoms with Gasteiger partial charge in [-0.2, -0.15) is 9.78 Å². The zero-order valence-electron chi connectivity index (χ0n) is 16.0. The fourth-order valence-corrected chi connectivity index (χ4v) is 3.82. The van der Waals surface area contributed by atoms with Gasteiger partial charge in [0.25, 0.3) is 5.56 Å². The number of carbonyl (C=O) groups excluding carboxylic acids is 1. The molecule has 3 heterocycles. The average Bonchev–Trinajstić information content (AvgIpc) is 2.78. The Kier molecular flexibility index (Phi) is 6.01. The zero-order chi connectivity index (χ0) is 21.1. The first-order valence-electron chi connectivity index (χ1n) is 9.53. The average molecular weight is 444 g/mol. The Morgan fingerprint density at radius 3 is 2.43 bits per heavy atom. The third-order valence-electron chi connectivity index (χ3n) is 5.09. The minimum Gasteiger partial charge on any atom is -0.369 e. The van der Waals surface area contributed by atoms with Crippen LogP contribution in [0, 0.1) is 5.92 Å². The number of pyridine rings is 1. The number of hydrogen-bond acceptors (Lipinski definition) is 5. The van der Waals surface area contributed by atoms with Crippen LogP contribution >= 0.6 is 23.2 Å². The molecule has 0 unspecified atom stereocenters. The summed E-state index contributed by atoms with van der Waals surface area (Å²) in [6.45, 7) is 1.20. The van der Waals surface area contributed by atoms with E-state index in [1.165, 1.54) is 10.9 Å². The minimum absolute atomic E-state index is 0.0758. The molecule has 154 valence electrons. The summed E-state index contributed by atoms with van der Waals surface area (Å²) in [6, 6.07) is 12.5. The predicted molar refractivity (Wildman–Crippen MR) is 118 cm³/mol. The molecule has 30 heavy (non-hydrogen) atoms. The molecule has 1 N–H and O–H groups in total. The molecule has 9 heteroatoms. The largest absolute Gasteiger partial charge is 0.369 e. The highest BCUT2D eigenvalue weighted by molar-refractivity contribution is 6.33. The molecule has 1 aromatic carbocycles. The molecular formula is C21H19Cl2N5O2. The van der Waals surface area contributed by atoms with Gasteiger partial charge in [0.2, 0.25) is 5.91 Å². The summed E-state index contributed by atoms with van der Waals surface area (Å²) >= 11 is 12.2. The summed E-state index contributed by atoms with van der Waals surface area (Å²) in [5.74, 6) is 0.256. The van der Waals surface area contributed by atoms with Crippen molar-refractivity contribution in [1.29, 1.82) is 0 Å². The Labute approximate surface area is 183 Å². The topological polar surface area (TPSA) is 80.1 Å². The van der Waals surface area contributed by atoms with E-state index in [1.54, 1.807) is 30.5 Å². The van der Waals surface area contributed by atoms with Crippen LogP contribution in [0.1, 0.15) is 12.8 Å². The number of para-hydroxylation sites is 1. The second-order valence-corrected chi connectivity index (χ2v) is 7.82. The van der Waals surface area contributed by atoms with E-state index in [0.29, 0.717) is 48.1 Å². The maximum atomic E-state index is 12.7. The summed E-state index contributed by atoms with van der Waals surface area (Å²) in [5.41, 5.74) is 0.878. The molecule has 0 radical (unpaired) electrons. The summed E-state index contributed by atoms with van der Waals surface area (Å²) in [7, 11) is 0. The lowest BCUT2D eigenvalue weighted by Crippen LogP contribution is -2.39. The fraction of sp³-hybridized carbons (Fsp3) is 0.238. The molecule has 0 spiro atoms. The first-order valence-corrected chi connectivity index (χ1v) is 10.3. The maximum Gasteiger partial charge on any atom is 0.292 e. The van der Waals surface area contributed by atoms with Crippen molar-refractivity contribution in [2.24, 2.45) is 5.92 Å². The van der Waals surface area contributed by atoms with Crippen molar-refractivity contribution in [2.75, 3.05) is 23.3 Å². The molecule has 2 aromatic heterocycles. The van der Waals surface area contributed by atoms with E-state index < -0.39 is 0 Å². The fourth-order valence-electron chi connectivity index (χ4n) is 3.46. The van der Waals surface area contributed by atoms with E-state index in [1.807, 2.05) is 23.1 Å². The van der Waals surface area contributed by atoms with Gasteiger partial charge in [0.05, 0.1) is 22.6 Å². The van der Waals surface area contributed by atoms with Crippen LogP contribution in [0.25, 0.3) is 5.69 Å². The van der Waals surface area contributed by atoms with Crippen molar-refractivity contribution in [1.82, 2.24) is 14.8 Å². The lowest BCUT2D eigenvalue weighted by atomic mass is 9.95. The second-order valence-electron chi connectivity index (χ2n) is 7.01.